The minimum Gasteiger partial charge on any atom is -0.336 e. The largest absolute Gasteiger partial charge is 0.336 e. The summed E-state index contributed by atoms with van der Waals surface area (Å²) in [5.74, 6) is -0.343. The van der Waals surface area contributed by atoms with E-state index in [1.165, 1.54) is 16.0 Å². The van der Waals surface area contributed by atoms with Crippen LogP contribution in [0.3, 0.4) is 0 Å². The maximum atomic E-state index is 12.9. The molecule has 0 radical (unpaired) electrons. The van der Waals surface area contributed by atoms with Crippen molar-refractivity contribution in [3.8, 4) is 0 Å². The molecule has 0 fully saturated rings. The summed E-state index contributed by atoms with van der Waals surface area (Å²) in [7, 11) is 0. The van der Waals surface area contributed by atoms with Crippen molar-refractivity contribution in [1.82, 2.24) is 9.80 Å². The maximum Gasteiger partial charge on any atom is 0.260 e. The molecule has 0 bridgehead atoms. The van der Waals surface area contributed by atoms with Crippen LogP contribution in [0.1, 0.15) is 44.2 Å². The van der Waals surface area contributed by atoms with Gasteiger partial charge in [0.05, 0.1) is 12.6 Å². The number of hydrogen-bond donors (Lipinski definition) is 0. The fourth-order valence-corrected chi connectivity index (χ4v) is 3.67. The van der Waals surface area contributed by atoms with Crippen molar-refractivity contribution in [2.75, 3.05) is 13.1 Å². The van der Waals surface area contributed by atoms with Crippen molar-refractivity contribution >= 4 is 18.7 Å². The van der Waals surface area contributed by atoms with E-state index in [1.54, 1.807) is 17.0 Å². The van der Waals surface area contributed by atoms with E-state index in [2.05, 4.69) is 19.1 Å². The summed E-state index contributed by atoms with van der Waals surface area (Å²) in [5, 5.41) is 0. The summed E-state index contributed by atoms with van der Waals surface area (Å²) in [6.45, 7) is 6.66. The van der Waals surface area contributed by atoms with E-state index in [1.807, 2.05) is 26.0 Å². The maximum absolute atomic E-state index is 12.9. The number of rotatable bonds is 5. The van der Waals surface area contributed by atoms with Crippen LogP contribution >= 0.6 is 0 Å². The summed E-state index contributed by atoms with van der Waals surface area (Å²) in [6, 6.07) is 11.1. The van der Waals surface area contributed by atoms with Crippen molar-refractivity contribution in [3.63, 3.8) is 0 Å². The molecule has 1 aliphatic rings. The topological polar surface area (TPSA) is 57.7 Å². The van der Waals surface area contributed by atoms with E-state index in [0.29, 0.717) is 18.5 Å². The van der Waals surface area contributed by atoms with Crippen LogP contribution in [-0.2, 0) is 16.0 Å². The van der Waals surface area contributed by atoms with Crippen molar-refractivity contribution in [1.29, 1.82) is 0 Å². The van der Waals surface area contributed by atoms with Gasteiger partial charge in [-0.15, -0.1) is 0 Å². The van der Waals surface area contributed by atoms with Crippen LogP contribution < -0.4 is 0 Å². The molecule has 1 heterocycles. The fourth-order valence-electron chi connectivity index (χ4n) is 3.67. The molecule has 1 unspecified atom stereocenters. The Morgan fingerprint density at radius 3 is 2.48 bits per heavy atom. The van der Waals surface area contributed by atoms with Crippen LogP contribution in [0.15, 0.2) is 36.4 Å². The van der Waals surface area contributed by atoms with Gasteiger partial charge in [0.25, 0.3) is 5.91 Å². The Hall–Kier alpha value is -2.95. The molecule has 1 atom stereocenters. The third-order valence-electron chi connectivity index (χ3n) is 5.42. The van der Waals surface area contributed by atoms with Gasteiger partial charge in [-0.1, -0.05) is 30.3 Å². The van der Waals surface area contributed by atoms with Crippen LogP contribution in [0.2, 0.25) is 0 Å². The Bertz CT molecular complexity index is 891. The highest BCUT2D eigenvalue weighted by molar-refractivity contribution is 6.01. The van der Waals surface area contributed by atoms with Gasteiger partial charge in [-0.05, 0) is 61.1 Å². The first-order valence-corrected chi connectivity index (χ1v) is 9.09. The molecule has 140 valence electrons. The molecule has 5 nitrogen and oxygen atoms in total. The third kappa shape index (κ3) is 3.63. The number of amides is 3. The lowest BCUT2D eigenvalue weighted by Gasteiger charge is -2.37. The zero-order chi connectivity index (χ0) is 19.6. The van der Waals surface area contributed by atoms with E-state index in [-0.39, 0.29) is 18.5 Å². The predicted molar refractivity (Wildman–Crippen MR) is 103 cm³/mol. The normalized spacial score (nSPS) is 15.8. The summed E-state index contributed by atoms with van der Waals surface area (Å²) < 4.78 is 0. The molecule has 1 aliphatic heterocycles. The highest BCUT2D eigenvalue weighted by atomic mass is 16.2. The molecule has 0 N–H and O–H groups in total. The molecular formula is C22H24N2O3. The Balaban J connectivity index is 1.95. The third-order valence-corrected chi connectivity index (χ3v) is 5.42. The van der Waals surface area contributed by atoms with Gasteiger partial charge in [-0.25, -0.2) is 0 Å². The van der Waals surface area contributed by atoms with Gasteiger partial charge in [-0.3, -0.25) is 19.3 Å². The monoisotopic (exact) mass is 364 g/mol. The van der Waals surface area contributed by atoms with Crippen LogP contribution in [0.5, 0.6) is 0 Å². The average molecular weight is 364 g/mol. The molecule has 0 aliphatic carbocycles. The first-order chi connectivity index (χ1) is 13.0. The van der Waals surface area contributed by atoms with Crippen molar-refractivity contribution in [2.24, 2.45) is 0 Å². The Morgan fingerprint density at radius 2 is 1.81 bits per heavy atom. The van der Waals surface area contributed by atoms with Crippen LogP contribution in [0.25, 0.3) is 0 Å². The van der Waals surface area contributed by atoms with E-state index >= 15 is 0 Å². The lowest BCUT2D eigenvalue weighted by Crippen LogP contribution is -2.43. The highest BCUT2D eigenvalue weighted by Crippen LogP contribution is 2.32. The standard InChI is InChI=1S/C22H24N2O3/c1-15-6-4-5-7-19(15)22(27)24(14-26)12-21-20-11-17(3)16(2)10-18(20)8-9-23(21)13-25/h4-7,10-11,13-14,21H,8-9,12H2,1-3H3. The molecule has 3 amide bonds. The molecule has 27 heavy (non-hydrogen) atoms. The molecule has 2 aromatic rings. The number of aryl methyl sites for hydroxylation is 3. The summed E-state index contributed by atoms with van der Waals surface area (Å²) in [4.78, 5) is 39.1. The number of benzene rings is 2. The van der Waals surface area contributed by atoms with Crippen LogP contribution in [-0.4, -0.2) is 41.6 Å². The molecule has 5 heteroatoms. The summed E-state index contributed by atoms with van der Waals surface area (Å²) in [6.07, 6.45) is 2.15. The summed E-state index contributed by atoms with van der Waals surface area (Å²) >= 11 is 0. The van der Waals surface area contributed by atoms with Gasteiger partial charge in [-0.2, -0.15) is 0 Å². The predicted octanol–water partition coefficient (Wildman–Crippen LogP) is 2.97. The minimum atomic E-state index is -0.343. The molecular weight excluding hydrogens is 340 g/mol. The van der Waals surface area contributed by atoms with Gasteiger partial charge in [0.2, 0.25) is 12.8 Å². The number of nitrogens with zero attached hydrogens (tertiary/aromatic N) is 2. The molecule has 0 spiro atoms. The van der Waals surface area contributed by atoms with Gasteiger partial charge >= 0.3 is 0 Å². The van der Waals surface area contributed by atoms with Crippen molar-refractivity contribution in [2.45, 2.75) is 33.2 Å². The van der Waals surface area contributed by atoms with Gasteiger partial charge in [0, 0.05) is 12.1 Å². The van der Waals surface area contributed by atoms with E-state index in [9.17, 15) is 14.4 Å². The zero-order valence-corrected chi connectivity index (χ0v) is 15.9. The second kappa shape index (κ2) is 7.74. The quantitative estimate of drug-likeness (QED) is 0.767. The van der Waals surface area contributed by atoms with Crippen molar-refractivity contribution < 1.29 is 14.4 Å². The number of fused-ring (bicyclic) bond motifs is 1. The first kappa shape index (κ1) is 18.8. The highest BCUT2D eigenvalue weighted by Gasteiger charge is 2.30. The fraction of sp³-hybridized carbons (Fsp3) is 0.318. The van der Waals surface area contributed by atoms with Gasteiger partial charge in [0.1, 0.15) is 0 Å². The number of carbonyl (C=O) groups is 3. The second-order valence-electron chi connectivity index (χ2n) is 7.12. The molecule has 0 aromatic heterocycles. The Labute approximate surface area is 159 Å². The van der Waals surface area contributed by atoms with E-state index < -0.39 is 0 Å². The van der Waals surface area contributed by atoms with E-state index in [0.717, 1.165) is 29.5 Å². The lowest BCUT2D eigenvalue weighted by atomic mass is 9.89. The van der Waals surface area contributed by atoms with Crippen molar-refractivity contribution in [3.05, 3.63) is 69.8 Å². The Kier molecular flexibility index (Phi) is 5.40. The lowest BCUT2D eigenvalue weighted by molar-refractivity contribution is -0.123. The number of carbonyl (C=O) groups excluding carboxylic acids is 3. The molecule has 0 saturated heterocycles. The zero-order valence-electron chi connectivity index (χ0n) is 15.9. The Morgan fingerprint density at radius 1 is 1.11 bits per heavy atom. The van der Waals surface area contributed by atoms with Gasteiger partial charge < -0.3 is 4.90 Å². The van der Waals surface area contributed by atoms with E-state index in [4.69, 9.17) is 0 Å². The smallest absolute Gasteiger partial charge is 0.260 e. The van der Waals surface area contributed by atoms with Crippen LogP contribution in [0, 0.1) is 20.8 Å². The molecule has 0 saturated carbocycles. The number of imide groups is 1. The first-order valence-electron chi connectivity index (χ1n) is 9.09. The number of hydrogen-bond acceptors (Lipinski definition) is 3. The summed E-state index contributed by atoms with van der Waals surface area (Å²) in [5.41, 5.74) is 5.84. The van der Waals surface area contributed by atoms with Crippen LogP contribution in [0.4, 0.5) is 0 Å². The molecule has 2 aromatic carbocycles. The average Bonchev–Trinajstić information content (AvgIpc) is 2.67. The second-order valence-corrected chi connectivity index (χ2v) is 7.12. The SMILES string of the molecule is Cc1cc2c(cc1C)C(CN(C=O)C(=O)c1ccccc1C)N(C=O)CC2. The molecule has 3 rings (SSSR count). The minimum absolute atomic E-state index is 0.144. The van der Waals surface area contributed by atoms with Gasteiger partial charge in [0.15, 0.2) is 0 Å².